The van der Waals surface area contributed by atoms with Gasteiger partial charge in [-0.05, 0) is 50.5 Å². The number of carbonyl (C=O) groups is 3. The van der Waals surface area contributed by atoms with Crippen LogP contribution in [0.15, 0.2) is 48.6 Å². The maximum Gasteiger partial charge on any atom is 0.313 e. The fraction of sp³-hybridized carbons (Fsp3) is 0.500. The van der Waals surface area contributed by atoms with Crippen LogP contribution >= 0.6 is 11.6 Å². The van der Waals surface area contributed by atoms with Crippen molar-refractivity contribution in [2.75, 3.05) is 31.2 Å². The number of carbonyl (C=O) groups excluding carboxylic acids is 3. The molecule has 1 spiro atoms. The molecule has 2 amide bonds. The summed E-state index contributed by atoms with van der Waals surface area (Å²) in [6, 6.07) is 5.94. The lowest BCUT2D eigenvalue weighted by molar-refractivity contribution is -0.158. The number of rotatable bonds is 4. The van der Waals surface area contributed by atoms with Gasteiger partial charge in [0.05, 0.1) is 18.1 Å². The zero-order chi connectivity index (χ0) is 24.8. The van der Waals surface area contributed by atoms with Gasteiger partial charge in [0.1, 0.15) is 17.6 Å². The molecule has 0 aliphatic carbocycles. The Morgan fingerprint density at radius 1 is 1.09 bits per heavy atom. The van der Waals surface area contributed by atoms with Gasteiger partial charge < -0.3 is 24.4 Å². The van der Waals surface area contributed by atoms with E-state index in [-0.39, 0.29) is 38.1 Å². The fourth-order valence-electron chi connectivity index (χ4n) is 5.97. The van der Waals surface area contributed by atoms with E-state index in [0.717, 1.165) is 6.42 Å². The number of hydrogen-bond acceptors (Lipinski definition) is 6. The van der Waals surface area contributed by atoms with E-state index < -0.39 is 35.0 Å². The van der Waals surface area contributed by atoms with E-state index in [0.29, 0.717) is 23.6 Å². The smallest absolute Gasteiger partial charge is 0.313 e. The highest BCUT2D eigenvalue weighted by Crippen LogP contribution is 2.57. The predicted molar refractivity (Wildman–Crippen MR) is 129 cm³/mol. The highest BCUT2D eigenvalue weighted by atomic mass is 35.5. The molecule has 4 heterocycles. The summed E-state index contributed by atoms with van der Waals surface area (Å²) in [6.45, 7) is 2.37. The molecule has 8 nitrogen and oxygen atoms in total. The Morgan fingerprint density at radius 3 is 2.60 bits per heavy atom. The van der Waals surface area contributed by atoms with Crippen LogP contribution in [0.25, 0.3) is 0 Å². The van der Waals surface area contributed by atoms with Crippen LogP contribution in [0.3, 0.4) is 0 Å². The second-order valence-corrected chi connectivity index (χ2v) is 10.1. The van der Waals surface area contributed by atoms with E-state index >= 15 is 0 Å². The van der Waals surface area contributed by atoms with Crippen LogP contribution in [0.4, 0.5) is 5.69 Å². The third-order valence-corrected chi connectivity index (χ3v) is 7.70. The lowest BCUT2D eigenvalue weighted by atomic mass is 9.74. The predicted octanol–water partition coefficient (Wildman–Crippen LogP) is 2.49. The molecule has 1 N–H and O–H groups in total. The number of esters is 1. The summed E-state index contributed by atoms with van der Waals surface area (Å²) in [7, 11) is 0. The summed E-state index contributed by atoms with van der Waals surface area (Å²) in [4.78, 5) is 44.4. The summed E-state index contributed by atoms with van der Waals surface area (Å²) in [6.07, 6.45) is 9.13. The Bertz CT molecular complexity index is 1090. The van der Waals surface area contributed by atoms with Gasteiger partial charge >= 0.3 is 5.97 Å². The highest BCUT2D eigenvalue weighted by Gasteiger charge is 2.74. The quantitative estimate of drug-likeness (QED) is 0.504. The maximum absolute atomic E-state index is 14.1. The van der Waals surface area contributed by atoms with Crippen LogP contribution in [0.2, 0.25) is 5.02 Å². The molecule has 5 rings (SSSR count). The number of benzene rings is 1. The van der Waals surface area contributed by atoms with Crippen LogP contribution in [0.1, 0.15) is 26.2 Å². The van der Waals surface area contributed by atoms with E-state index in [4.69, 9.17) is 21.1 Å². The molecule has 0 aromatic heterocycles. The summed E-state index contributed by atoms with van der Waals surface area (Å²) < 4.78 is 12.2. The van der Waals surface area contributed by atoms with Gasteiger partial charge in [0.15, 0.2) is 0 Å². The van der Waals surface area contributed by atoms with E-state index in [2.05, 4.69) is 0 Å². The van der Waals surface area contributed by atoms with Crippen molar-refractivity contribution in [2.45, 2.75) is 43.4 Å². The molecule has 35 heavy (non-hydrogen) atoms. The van der Waals surface area contributed by atoms with Gasteiger partial charge in [-0.25, -0.2) is 0 Å². The number of likely N-dealkylation sites (tertiary alicyclic amines) is 1. The van der Waals surface area contributed by atoms with E-state index in [1.54, 1.807) is 42.2 Å². The third kappa shape index (κ3) is 3.79. The molecule has 5 atom stereocenters. The largest absolute Gasteiger partial charge is 0.465 e. The van der Waals surface area contributed by atoms with Gasteiger partial charge in [0, 0.05) is 30.4 Å². The van der Waals surface area contributed by atoms with Gasteiger partial charge in [-0.2, -0.15) is 0 Å². The Hall–Kier alpha value is -2.68. The van der Waals surface area contributed by atoms with Gasteiger partial charge in [0.2, 0.25) is 5.91 Å². The van der Waals surface area contributed by atoms with Crippen molar-refractivity contribution < 1.29 is 29.0 Å². The van der Waals surface area contributed by atoms with Gasteiger partial charge in [-0.15, -0.1) is 0 Å². The number of amides is 2. The Kier molecular flexibility index (Phi) is 6.23. The first-order valence-electron chi connectivity index (χ1n) is 12.0. The number of fused-ring (bicyclic) bond motifs is 2. The number of hydrogen-bond donors (Lipinski definition) is 1. The SMILES string of the molecule is C[C@@]12/C=C\CCCOC(=O)[C@@H]1[C@H]1C(=O)N(CCCO)C3C(=O)N(c4ccc(Cl)cc4)CC=C[C@@]31O2. The number of anilines is 1. The zero-order valence-corrected chi connectivity index (χ0v) is 20.3. The Balaban J connectivity index is 1.63. The fourth-order valence-corrected chi connectivity index (χ4v) is 6.09. The molecular weight excluding hydrogens is 472 g/mol. The summed E-state index contributed by atoms with van der Waals surface area (Å²) in [5.74, 6) is -2.95. The summed E-state index contributed by atoms with van der Waals surface area (Å²) in [5, 5.41) is 10.0. The number of cyclic esters (lactones) is 1. The van der Waals surface area contributed by atoms with Crippen molar-refractivity contribution in [1.82, 2.24) is 4.90 Å². The van der Waals surface area contributed by atoms with Crippen LogP contribution in [-0.4, -0.2) is 71.3 Å². The van der Waals surface area contributed by atoms with E-state index in [9.17, 15) is 19.5 Å². The standard InChI is InChI=1S/C26H29ClN2O6/c1-25-11-3-2-4-16-34-24(33)20(25)19-22(31)29(14-6-15-30)21-23(32)28(13-5-12-26(19,21)35-25)18-9-7-17(27)8-10-18/h3,5,7-12,19-21,30H,2,4,6,13-16H2,1H3/b11-3-/t19-,20-,21?,25+,26-/m0/s1. The number of aliphatic hydroxyl groups excluding tert-OH is 1. The zero-order valence-electron chi connectivity index (χ0n) is 19.6. The lowest BCUT2D eigenvalue weighted by Crippen LogP contribution is -2.56. The van der Waals surface area contributed by atoms with Crippen molar-refractivity contribution in [3.8, 4) is 0 Å². The minimum Gasteiger partial charge on any atom is -0.465 e. The minimum atomic E-state index is -1.34. The van der Waals surface area contributed by atoms with Gasteiger partial charge in [0.25, 0.3) is 5.91 Å². The third-order valence-electron chi connectivity index (χ3n) is 7.45. The lowest BCUT2D eigenvalue weighted by Gasteiger charge is -2.37. The molecule has 4 aliphatic rings. The molecule has 2 fully saturated rings. The second-order valence-electron chi connectivity index (χ2n) is 9.65. The molecule has 0 bridgehead atoms. The van der Waals surface area contributed by atoms with Crippen molar-refractivity contribution in [2.24, 2.45) is 11.8 Å². The molecule has 0 radical (unpaired) electrons. The first-order chi connectivity index (χ1) is 16.8. The molecule has 2 saturated heterocycles. The first-order valence-corrected chi connectivity index (χ1v) is 12.4. The van der Waals surface area contributed by atoms with Crippen LogP contribution in [0.5, 0.6) is 0 Å². The minimum absolute atomic E-state index is 0.133. The number of aliphatic hydroxyl groups is 1. The van der Waals surface area contributed by atoms with Crippen LogP contribution < -0.4 is 4.90 Å². The molecule has 0 saturated carbocycles. The van der Waals surface area contributed by atoms with Crippen LogP contribution in [-0.2, 0) is 23.9 Å². The van der Waals surface area contributed by atoms with Crippen molar-refractivity contribution >= 4 is 35.1 Å². The molecule has 9 heteroatoms. The molecule has 186 valence electrons. The van der Waals surface area contributed by atoms with E-state index in [1.807, 2.05) is 18.2 Å². The Labute approximate surface area is 209 Å². The van der Waals surface area contributed by atoms with Crippen molar-refractivity contribution in [3.63, 3.8) is 0 Å². The maximum atomic E-state index is 14.1. The summed E-state index contributed by atoms with van der Waals surface area (Å²) >= 11 is 6.05. The highest BCUT2D eigenvalue weighted by molar-refractivity contribution is 6.30. The summed E-state index contributed by atoms with van der Waals surface area (Å²) in [5.41, 5.74) is -1.80. The molecule has 1 aromatic rings. The van der Waals surface area contributed by atoms with E-state index in [1.165, 1.54) is 4.90 Å². The molecule has 4 aliphatic heterocycles. The van der Waals surface area contributed by atoms with Crippen molar-refractivity contribution in [1.29, 1.82) is 0 Å². The molecular formula is C26H29ClN2O6. The van der Waals surface area contributed by atoms with Crippen molar-refractivity contribution in [3.05, 3.63) is 53.6 Å². The second kappa shape index (κ2) is 9.08. The Morgan fingerprint density at radius 2 is 1.86 bits per heavy atom. The average Bonchev–Trinajstić information content (AvgIpc) is 3.17. The average molecular weight is 501 g/mol. The van der Waals surface area contributed by atoms with Gasteiger partial charge in [-0.3, -0.25) is 14.4 Å². The van der Waals surface area contributed by atoms with Crippen LogP contribution in [0, 0.1) is 11.8 Å². The number of nitrogens with zero attached hydrogens (tertiary/aromatic N) is 2. The monoisotopic (exact) mass is 500 g/mol. The number of ether oxygens (including phenoxy) is 2. The first kappa shape index (κ1) is 24.0. The molecule has 1 aromatic carbocycles. The van der Waals surface area contributed by atoms with Gasteiger partial charge in [-0.1, -0.05) is 35.9 Å². The normalized spacial score (nSPS) is 35.4. The topological polar surface area (TPSA) is 96.4 Å². The number of halogens is 1. The number of allylic oxidation sites excluding steroid dienone is 1. The molecule has 1 unspecified atom stereocenters.